The third kappa shape index (κ3) is 36.3. The monoisotopic (exact) mass is 1140 g/mol. The Morgan fingerprint density at radius 3 is 1.23 bits per heavy atom. The van der Waals surface area contributed by atoms with E-state index in [1.54, 1.807) is 6.08 Å². The van der Waals surface area contributed by atoms with Crippen molar-refractivity contribution in [3.63, 3.8) is 0 Å². The fourth-order valence-corrected chi connectivity index (χ4v) is 11.3. The van der Waals surface area contributed by atoms with Crippen molar-refractivity contribution in [2.24, 2.45) is 0 Å². The summed E-state index contributed by atoms with van der Waals surface area (Å²) < 4.78 is 22.8. The number of amides is 1. The molecule has 2 aliphatic heterocycles. The summed E-state index contributed by atoms with van der Waals surface area (Å²) in [5.41, 5.74) is 0. The molecule has 2 rings (SSSR count). The molecule has 2 fully saturated rings. The number of allylic oxidation sites excluding steroid dienone is 3. The van der Waals surface area contributed by atoms with Crippen LogP contribution in [-0.4, -0.2) is 140 Å². The van der Waals surface area contributed by atoms with Crippen LogP contribution in [0.25, 0.3) is 0 Å². The summed E-state index contributed by atoms with van der Waals surface area (Å²) in [6, 6.07) is -0.928. The van der Waals surface area contributed by atoms with Crippen molar-refractivity contribution in [2.45, 2.75) is 370 Å². The Hall–Kier alpha value is -1.53. The fourth-order valence-electron chi connectivity index (χ4n) is 11.3. The molecule has 80 heavy (non-hydrogen) atoms. The van der Waals surface area contributed by atoms with Crippen LogP contribution < -0.4 is 5.32 Å². The van der Waals surface area contributed by atoms with Gasteiger partial charge < -0.3 is 65.1 Å². The number of unbranched alkanes of at least 4 members (excludes halogenated alkanes) is 40. The molecule has 0 spiro atoms. The van der Waals surface area contributed by atoms with Crippen LogP contribution in [0, 0.1) is 0 Å². The molecule has 2 aliphatic rings. The molecule has 2 heterocycles. The Balaban J connectivity index is 1.64. The van der Waals surface area contributed by atoms with Gasteiger partial charge >= 0.3 is 0 Å². The summed E-state index contributed by atoms with van der Waals surface area (Å²) in [7, 11) is 0. The first kappa shape index (κ1) is 74.6. The Morgan fingerprint density at radius 2 is 0.800 bits per heavy atom. The van der Waals surface area contributed by atoms with Gasteiger partial charge in [-0.1, -0.05) is 282 Å². The van der Waals surface area contributed by atoms with Gasteiger partial charge in [0.25, 0.3) is 0 Å². The molecule has 0 saturated carbocycles. The fraction of sp³-hybridized carbons (Fsp3) is 0.924. The van der Waals surface area contributed by atoms with E-state index in [-0.39, 0.29) is 18.9 Å². The minimum atomic E-state index is -1.79. The maximum Gasteiger partial charge on any atom is 0.220 e. The quantitative estimate of drug-likeness (QED) is 0.0204. The average Bonchev–Trinajstić information content (AvgIpc) is 3.46. The first-order chi connectivity index (χ1) is 39.1. The largest absolute Gasteiger partial charge is 0.394 e. The molecule has 0 aromatic carbocycles. The Labute approximate surface area is 488 Å². The number of carbonyl (C=O) groups is 1. The van der Waals surface area contributed by atoms with E-state index in [0.29, 0.717) is 12.8 Å². The highest BCUT2D eigenvalue weighted by Gasteiger charge is 2.51. The van der Waals surface area contributed by atoms with Crippen LogP contribution in [0.3, 0.4) is 0 Å². The molecule has 12 unspecified atom stereocenters. The van der Waals surface area contributed by atoms with Gasteiger partial charge in [-0.25, -0.2) is 0 Å². The molecule has 0 aromatic rings. The van der Waals surface area contributed by atoms with Crippen molar-refractivity contribution in [1.29, 1.82) is 0 Å². The van der Waals surface area contributed by atoms with Gasteiger partial charge in [0.05, 0.1) is 32.0 Å². The predicted octanol–water partition coefficient (Wildman–Crippen LogP) is 12.8. The maximum absolute atomic E-state index is 13.3. The minimum absolute atomic E-state index is 0.243. The van der Waals surface area contributed by atoms with E-state index in [9.17, 15) is 45.6 Å². The van der Waals surface area contributed by atoms with Gasteiger partial charge in [0.1, 0.15) is 48.8 Å². The third-order valence-corrected chi connectivity index (χ3v) is 16.6. The van der Waals surface area contributed by atoms with Gasteiger partial charge in [-0.05, 0) is 32.1 Å². The van der Waals surface area contributed by atoms with Crippen LogP contribution in [0.5, 0.6) is 0 Å². The molecule has 9 N–H and O–H groups in total. The number of carbonyl (C=O) groups excluding carboxylic acids is 1. The van der Waals surface area contributed by atoms with Crippen LogP contribution in [0.4, 0.5) is 0 Å². The lowest BCUT2D eigenvalue weighted by Crippen LogP contribution is -2.65. The van der Waals surface area contributed by atoms with Crippen LogP contribution in [-0.2, 0) is 23.7 Å². The topological polar surface area (TPSA) is 228 Å². The number of hydrogen-bond donors (Lipinski definition) is 9. The third-order valence-electron chi connectivity index (χ3n) is 16.6. The van der Waals surface area contributed by atoms with Gasteiger partial charge in [-0.2, -0.15) is 0 Å². The summed E-state index contributed by atoms with van der Waals surface area (Å²) >= 11 is 0. The Bertz CT molecular complexity index is 1440. The average molecular weight is 1140 g/mol. The van der Waals surface area contributed by atoms with Gasteiger partial charge in [-0.3, -0.25) is 4.79 Å². The lowest BCUT2D eigenvalue weighted by molar-refractivity contribution is -0.359. The second kappa shape index (κ2) is 51.9. The first-order valence-corrected chi connectivity index (χ1v) is 33.6. The highest BCUT2D eigenvalue weighted by molar-refractivity contribution is 5.76. The van der Waals surface area contributed by atoms with E-state index in [0.717, 1.165) is 32.1 Å². The smallest absolute Gasteiger partial charge is 0.220 e. The van der Waals surface area contributed by atoms with Gasteiger partial charge in [0.15, 0.2) is 12.6 Å². The van der Waals surface area contributed by atoms with E-state index < -0.39 is 86.8 Å². The molecule has 14 heteroatoms. The van der Waals surface area contributed by atoms with E-state index >= 15 is 0 Å². The van der Waals surface area contributed by atoms with E-state index in [1.807, 2.05) is 6.08 Å². The zero-order chi connectivity index (χ0) is 58.1. The van der Waals surface area contributed by atoms with Crippen LogP contribution in [0.15, 0.2) is 24.3 Å². The number of hydrogen-bond acceptors (Lipinski definition) is 13. The second-order valence-corrected chi connectivity index (χ2v) is 24.0. The standard InChI is InChI=1S/C66H125NO13/c1-3-5-7-9-11-13-15-17-19-20-21-22-23-24-25-26-27-28-29-30-31-32-33-34-36-38-40-42-44-46-48-50-58(71)67-54(55(70)49-47-45-43-41-39-37-35-18-16-14-12-10-8-6-4-2)53-77-65-63(76)61(74)64(57(52-69)79-65)80-66-62(75)60(73)59(72)56(51-68)78-66/h39,41,47,49,54-57,59-66,68-70,72-76H,3-38,40,42-46,48,50-53H2,1-2H3,(H,67,71)/b41-39+,49-47+. The van der Waals surface area contributed by atoms with Crippen molar-refractivity contribution in [1.82, 2.24) is 5.32 Å². The number of rotatable bonds is 55. The normalized spacial score (nSPS) is 24.3. The zero-order valence-corrected chi connectivity index (χ0v) is 51.1. The molecule has 0 bridgehead atoms. The lowest BCUT2D eigenvalue weighted by atomic mass is 9.97. The van der Waals surface area contributed by atoms with Gasteiger partial charge in [-0.15, -0.1) is 0 Å². The molecular weight excluding hydrogens is 1010 g/mol. The SMILES string of the molecule is CCCCCCCCCCC/C=C/CC/C=C/C(O)C(COC1OC(CO)C(OC2OC(CO)C(O)C(O)C2O)C(O)C1O)NC(=O)CCCCCCCCCCCCCCCCCCCCCCCCCCCCCCCCC. The molecular formula is C66H125NO13. The van der Waals surface area contributed by atoms with Crippen molar-refractivity contribution >= 4 is 5.91 Å². The molecule has 0 aliphatic carbocycles. The number of ether oxygens (including phenoxy) is 4. The Morgan fingerprint density at radius 1 is 0.438 bits per heavy atom. The number of aliphatic hydroxyl groups excluding tert-OH is 8. The predicted molar refractivity (Wildman–Crippen MR) is 323 cm³/mol. The molecule has 2 saturated heterocycles. The Kier molecular flexibility index (Phi) is 48.3. The van der Waals surface area contributed by atoms with Crippen molar-refractivity contribution in [2.75, 3.05) is 19.8 Å². The molecule has 14 nitrogen and oxygen atoms in total. The van der Waals surface area contributed by atoms with Gasteiger partial charge in [0.2, 0.25) is 5.91 Å². The zero-order valence-electron chi connectivity index (χ0n) is 51.1. The number of aliphatic hydroxyl groups is 8. The summed E-state index contributed by atoms with van der Waals surface area (Å²) in [6.45, 7) is 2.81. The minimum Gasteiger partial charge on any atom is -0.394 e. The molecule has 0 aromatic heterocycles. The van der Waals surface area contributed by atoms with E-state index in [4.69, 9.17) is 18.9 Å². The molecule has 472 valence electrons. The van der Waals surface area contributed by atoms with E-state index in [1.165, 1.54) is 231 Å². The van der Waals surface area contributed by atoms with Crippen molar-refractivity contribution in [3.8, 4) is 0 Å². The summed E-state index contributed by atoms with van der Waals surface area (Å²) in [5.74, 6) is -0.243. The van der Waals surface area contributed by atoms with Crippen molar-refractivity contribution < 1.29 is 64.6 Å². The van der Waals surface area contributed by atoms with Crippen LogP contribution in [0.2, 0.25) is 0 Å². The first-order valence-electron chi connectivity index (χ1n) is 33.6. The van der Waals surface area contributed by atoms with Crippen molar-refractivity contribution in [3.05, 3.63) is 24.3 Å². The highest BCUT2D eigenvalue weighted by atomic mass is 16.7. The maximum atomic E-state index is 13.3. The summed E-state index contributed by atoms with van der Waals surface area (Å²) in [6.07, 6.45) is 46.8. The lowest BCUT2D eigenvalue weighted by Gasteiger charge is -2.46. The number of nitrogens with one attached hydrogen (secondary N) is 1. The van der Waals surface area contributed by atoms with Gasteiger partial charge in [0, 0.05) is 6.42 Å². The summed E-state index contributed by atoms with van der Waals surface area (Å²) in [5, 5.41) is 87.2. The van der Waals surface area contributed by atoms with Crippen LogP contribution in [0.1, 0.15) is 296 Å². The van der Waals surface area contributed by atoms with Crippen LogP contribution >= 0.6 is 0 Å². The second-order valence-electron chi connectivity index (χ2n) is 24.0. The summed E-state index contributed by atoms with van der Waals surface area (Å²) in [4.78, 5) is 13.3. The molecule has 0 radical (unpaired) electrons. The highest BCUT2D eigenvalue weighted by Crippen LogP contribution is 2.30. The van der Waals surface area contributed by atoms with E-state index in [2.05, 4.69) is 31.3 Å². The molecule has 1 amide bonds. The molecule has 12 atom stereocenters.